The van der Waals surface area contributed by atoms with Gasteiger partial charge in [0.2, 0.25) is 0 Å². The third-order valence-electron chi connectivity index (χ3n) is 5.70. The topological polar surface area (TPSA) is 53.9 Å². The predicted octanol–water partition coefficient (Wildman–Crippen LogP) is 4.98. The third kappa shape index (κ3) is 3.31. The summed E-state index contributed by atoms with van der Waals surface area (Å²) in [7, 11) is 2.08. The molecule has 0 amide bonds. The molecule has 29 heavy (non-hydrogen) atoms. The van der Waals surface area contributed by atoms with Crippen LogP contribution < -0.4 is 5.56 Å². The minimum absolute atomic E-state index is 0.101. The van der Waals surface area contributed by atoms with Crippen molar-refractivity contribution in [2.45, 2.75) is 25.4 Å². The van der Waals surface area contributed by atoms with E-state index in [0.717, 1.165) is 41.2 Å². The lowest BCUT2D eigenvalue weighted by molar-refractivity contribution is 0.235. The number of halogens is 1. The Kier molecular flexibility index (Phi) is 4.78. The van der Waals surface area contributed by atoms with Crippen LogP contribution in [0.15, 0.2) is 52.8 Å². The number of H-pyrrole nitrogens is 1. The molecule has 0 bridgehead atoms. The lowest BCUT2D eigenvalue weighted by Gasteiger charge is -2.24. The van der Waals surface area contributed by atoms with Crippen molar-refractivity contribution in [2.75, 3.05) is 6.54 Å². The smallest absolute Gasteiger partial charge is 0.260 e. The second-order valence-electron chi connectivity index (χ2n) is 7.49. The molecule has 4 heterocycles. The van der Waals surface area contributed by atoms with Crippen molar-refractivity contribution in [3.8, 4) is 11.1 Å². The standard InChI is InChI=1S/C22H21ClN4OS/c1-26-10-4-8-17(26)18-9-5-11-27(18)12-19-24-21(28)20-15(13-29-22(20)25-19)14-6-2-3-7-16(14)23/h2-4,6-8,10,13,18H,5,9,11-12H2,1H3,(H,24,25,28)/t18-/m1/s1. The molecule has 5 nitrogen and oxygen atoms in total. The van der Waals surface area contributed by atoms with Crippen molar-refractivity contribution in [1.82, 2.24) is 19.4 Å². The van der Waals surface area contributed by atoms with Gasteiger partial charge >= 0.3 is 0 Å². The Morgan fingerprint density at radius 1 is 1.24 bits per heavy atom. The van der Waals surface area contributed by atoms with Crippen molar-refractivity contribution in [2.24, 2.45) is 7.05 Å². The minimum atomic E-state index is -0.101. The second-order valence-corrected chi connectivity index (χ2v) is 8.76. The van der Waals surface area contributed by atoms with E-state index in [-0.39, 0.29) is 5.56 Å². The monoisotopic (exact) mass is 424 g/mol. The summed E-state index contributed by atoms with van der Waals surface area (Å²) >= 11 is 7.85. The maximum absolute atomic E-state index is 12.9. The predicted molar refractivity (Wildman–Crippen MR) is 118 cm³/mol. The Hall–Kier alpha value is -2.41. The summed E-state index contributed by atoms with van der Waals surface area (Å²) in [6.45, 7) is 1.65. The molecule has 0 aliphatic carbocycles. The van der Waals surface area contributed by atoms with Crippen LogP contribution in [0.4, 0.5) is 0 Å². The zero-order chi connectivity index (χ0) is 20.0. The fraction of sp³-hybridized carbons (Fsp3) is 0.273. The first kappa shape index (κ1) is 18.6. The molecule has 1 aromatic carbocycles. The molecule has 1 fully saturated rings. The van der Waals surface area contributed by atoms with Gasteiger partial charge in [-0.3, -0.25) is 9.69 Å². The Morgan fingerprint density at radius 3 is 2.90 bits per heavy atom. The number of likely N-dealkylation sites (tertiary alicyclic amines) is 1. The average Bonchev–Trinajstić information content (AvgIpc) is 3.42. The van der Waals surface area contributed by atoms with Gasteiger partial charge in [0.1, 0.15) is 10.7 Å². The summed E-state index contributed by atoms with van der Waals surface area (Å²) in [4.78, 5) is 23.9. The van der Waals surface area contributed by atoms with Gasteiger partial charge in [0.25, 0.3) is 5.56 Å². The Balaban J connectivity index is 1.49. The van der Waals surface area contributed by atoms with Gasteiger partial charge < -0.3 is 9.55 Å². The van der Waals surface area contributed by atoms with E-state index in [0.29, 0.717) is 23.0 Å². The number of aromatic nitrogens is 3. The van der Waals surface area contributed by atoms with Crippen LogP contribution >= 0.6 is 22.9 Å². The highest BCUT2D eigenvalue weighted by Crippen LogP contribution is 2.36. The molecule has 4 aromatic rings. The molecule has 1 saturated heterocycles. The molecule has 1 aliphatic rings. The molecule has 1 aliphatic heterocycles. The number of nitrogens with one attached hydrogen (secondary N) is 1. The molecule has 148 valence electrons. The second kappa shape index (κ2) is 7.44. The molecule has 0 radical (unpaired) electrons. The largest absolute Gasteiger partial charge is 0.353 e. The van der Waals surface area contributed by atoms with E-state index in [1.54, 1.807) is 0 Å². The summed E-state index contributed by atoms with van der Waals surface area (Å²) in [5.74, 6) is 0.719. The molecule has 5 rings (SSSR count). The van der Waals surface area contributed by atoms with Crippen LogP contribution in [0.25, 0.3) is 21.3 Å². The molecule has 1 N–H and O–H groups in total. The van der Waals surface area contributed by atoms with Crippen LogP contribution in [-0.2, 0) is 13.6 Å². The zero-order valence-electron chi connectivity index (χ0n) is 16.1. The van der Waals surface area contributed by atoms with Crippen molar-refractivity contribution in [3.63, 3.8) is 0 Å². The number of aryl methyl sites for hydroxylation is 1. The maximum Gasteiger partial charge on any atom is 0.260 e. The van der Waals surface area contributed by atoms with Crippen molar-refractivity contribution in [1.29, 1.82) is 0 Å². The van der Waals surface area contributed by atoms with Crippen molar-refractivity contribution < 1.29 is 0 Å². The molecule has 7 heteroatoms. The first-order chi connectivity index (χ1) is 14.1. The summed E-state index contributed by atoms with van der Waals surface area (Å²) < 4.78 is 2.18. The van der Waals surface area contributed by atoms with Crippen LogP contribution in [0.3, 0.4) is 0 Å². The molecule has 0 spiro atoms. The van der Waals surface area contributed by atoms with E-state index >= 15 is 0 Å². The molecule has 3 aromatic heterocycles. The lowest BCUT2D eigenvalue weighted by Crippen LogP contribution is -2.26. The average molecular weight is 425 g/mol. The van der Waals surface area contributed by atoms with Gasteiger partial charge in [0.05, 0.1) is 18.0 Å². The first-order valence-electron chi connectivity index (χ1n) is 9.72. The van der Waals surface area contributed by atoms with Crippen LogP contribution in [0.1, 0.15) is 30.4 Å². The van der Waals surface area contributed by atoms with Crippen molar-refractivity contribution in [3.05, 3.63) is 74.9 Å². The summed E-state index contributed by atoms with van der Waals surface area (Å²) in [6, 6.07) is 12.2. The maximum atomic E-state index is 12.9. The van der Waals surface area contributed by atoms with Crippen molar-refractivity contribution >= 4 is 33.2 Å². The summed E-state index contributed by atoms with van der Waals surface area (Å²) in [6.07, 6.45) is 4.36. The van der Waals surface area contributed by atoms with Gasteiger partial charge in [0, 0.05) is 40.5 Å². The van der Waals surface area contributed by atoms with E-state index in [1.165, 1.54) is 17.0 Å². The molecule has 1 atom stereocenters. The van der Waals surface area contributed by atoms with Gasteiger partial charge in [-0.2, -0.15) is 0 Å². The van der Waals surface area contributed by atoms with Gasteiger partial charge in [-0.1, -0.05) is 29.8 Å². The normalized spacial score (nSPS) is 17.4. The Labute approximate surface area is 177 Å². The molecular formula is C22H21ClN4OS. The van der Waals surface area contributed by atoms with Gasteiger partial charge in [0.15, 0.2) is 0 Å². The highest BCUT2D eigenvalue weighted by molar-refractivity contribution is 7.17. The number of rotatable bonds is 4. The quantitative estimate of drug-likeness (QED) is 0.502. The van der Waals surface area contributed by atoms with Crippen LogP contribution in [0.5, 0.6) is 0 Å². The highest BCUT2D eigenvalue weighted by Gasteiger charge is 2.28. The van der Waals surface area contributed by atoms with E-state index in [9.17, 15) is 4.79 Å². The van der Waals surface area contributed by atoms with Crippen LogP contribution in [0.2, 0.25) is 5.02 Å². The minimum Gasteiger partial charge on any atom is -0.353 e. The number of aromatic amines is 1. The molecule has 0 saturated carbocycles. The summed E-state index contributed by atoms with van der Waals surface area (Å²) in [5, 5.41) is 3.23. The lowest BCUT2D eigenvalue weighted by atomic mass is 10.1. The molecular weight excluding hydrogens is 404 g/mol. The van der Waals surface area contributed by atoms with E-state index in [2.05, 4.69) is 39.8 Å². The number of fused-ring (bicyclic) bond motifs is 1. The fourth-order valence-corrected chi connectivity index (χ4v) is 5.50. The fourth-order valence-electron chi connectivity index (χ4n) is 4.31. The van der Waals surface area contributed by atoms with Crippen LogP contribution in [-0.4, -0.2) is 26.0 Å². The number of thiophene rings is 1. The van der Waals surface area contributed by atoms with E-state index in [1.807, 2.05) is 29.6 Å². The number of nitrogens with zero attached hydrogens (tertiary/aromatic N) is 3. The number of hydrogen-bond donors (Lipinski definition) is 1. The van der Waals surface area contributed by atoms with Crippen LogP contribution in [0, 0.1) is 0 Å². The van der Waals surface area contributed by atoms with Gasteiger partial charge in [-0.25, -0.2) is 4.98 Å². The zero-order valence-corrected chi connectivity index (χ0v) is 17.6. The SMILES string of the molecule is Cn1cccc1[C@H]1CCCN1Cc1nc2scc(-c3ccccc3Cl)c2c(=O)[nH]1. The molecule has 0 unspecified atom stereocenters. The Bertz CT molecular complexity index is 1240. The van der Waals surface area contributed by atoms with E-state index in [4.69, 9.17) is 16.6 Å². The number of benzene rings is 1. The number of hydrogen-bond acceptors (Lipinski definition) is 4. The highest BCUT2D eigenvalue weighted by atomic mass is 35.5. The Morgan fingerprint density at radius 2 is 2.10 bits per heavy atom. The van der Waals surface area contributed by atoms with E-state index < -0.39 is 0 Å². The first-order valence-corrected chi connectivity index (χ1v) is 11.0. The third-order valence-corrected chi connectivity index (χ3v) is 6.90. The van der Waals surface area contributed by atoms with Gasteiger partial charge in [-0.15, -0.1) is 11.3 Å². The summed E-state index contributed by atoms with van der Waals surface area (Å²) in [5.41, 5.74) is 2.92. The van der Waals surface area contributed by atoms with Gasteiger partial charge in [-0.05, 0) is 37.6 Å².